The number of carbonyl (C=O) groups is 1. The van der Waals surface area contributed by atoms with Gasteiger partial charge in [-0.3, -0.25) is 0 Å². The molecule has 0 saturated heterocycles. The average molecular weight is 298 g/mol. The van der Waals surface area contributed by atoms with Crippen molar-refractivity contribution in [3.05, 3.63) is 0 Å². The summed E-state index contributed by atoms with van der Waals surface area (Å²) in [6.07, 6.45) is 4.36. The Morgan fingerprint density at radius 1 is 1.23 bits per heavy atom. The first kappa shape index (κ1) is 13.2. The number of unbranched alkanes of at least 4 members (excludes halogenated alkanes) is 2. The second-order valence-electron chi connectivity index (χ2n) is 2.91. The average Bonchev–Trinajstić information content (AvgIpc) is 2.11. The monoisotopic (exact) mass is 298 g/mol. The number of alkyl halides is 2. The van der Waals surface area contributed by atoms with Gasteiger partial charge in [0, 0.05) is 0 Å². The molecule has 1 amide bonds. The van der Waals surface area contributed by atoms with Gasteiger partial charge in [0.15, 0.2) is 0 Å². The van der Waals surface area contributed by atoms with E-state index < -0.39 is 0 Å². The fourth-order valence-corrected chi connectivity index (χ4v) is 2.91. The molecule has 0 aromatic rings. The Morgan fingerprint density at radius 3 is 2.62 bits per heavy atom. The SMILES string of the molecule is CCNC(=O)CCCCC[I-]CC. The second kappa shape index (κ2) is 10.3. The van der Waals surface area contributed by atoms with Gasteiger partial charge in [-0.25, -0.2) is 0 Å². The van der Waals surface area contributed by atoms with Crippen LogP contribution in [0.3, 0.4) is 0 Å². The summed E-state index contributed by atoms with van der Waals surface area (Å²) in [5, 5.41) is 2.82. The molecule has 1 N–H and O–H groups in total. The van der Waals surface area contributed by atoms with Crippen molar-refractivity contribution < 1.29 is 26.0 Å². The van der Waals surface area contributed by atoms with Crippen LogP contribution in [0.2, 0.25) is 0 Å². The Bertz CT molecular complexity index is 128. The molecule has 13 heavy (non-hydrogen) atoms. The molecule has 3 heteroatoms. The maximum absolute atomic E-state index is 11.0. The van der Waals surface area contributed by atoms with Crippen LogP contribution in [0.15, 0.2) is 0 Å². The zero-order valence-corrected chi connectivity index (χ0v) is 10.9. The number of halogens is 1. The van der Waals surface area contributed by atoms with E-state index in [1.165, 1.54) is 21.7 Å². The van der Waals surface area contributed by atoms with Crippen LogP contribution in [0.1, 0.15) is 39.5 Å². The standard InChI is InChI=1S/C10H21INO/c1-3-11-9-7-5-6-8-10(13)12-4-2/h3-9H2,1-2H3,(H,12,13)/q-1. The van der Waals surface area contributed by atoms with E-state index in [0.717, 1.165) is 19.4 Å². The second-order valence-corrected chi connectivity index (χ2v) is 6.59. The molecule has 2 nitrogen and oxygen atoms in total. The molecule has 0 aliphatic carbocycles. The topological polar surface area (TPSA) is 29.1 Å². The van der Waals surface area contributed by atoms with Crippen LogP contribution in [0.25, 0.3) is 0 Å². The molecular weight excluding hydrogens is 277 g/mol. The van der Waals surface area contributed by atoms with Crippen molar-refractivity contribution in [2.75, 3.05) is 15.4 Å². The predicted molar refractivity (Wildman–Crippen MR) is 52.6 cm³/mol. The summed E-state index contributed by atoms with van der Waals surface area (Å²) in [4.78, 5) is 11.0. The van der Waals surface area contributed by atoms with E-state index in [-0.39, 0.29) is 5.91 Å². The summed E-state index contributed by atoms with van der Waals surface area (Å²) in [5.41, 5.74) is 0. The van der Waals surface area contributed by atoms with Gasteiger partial charge in [0.1, 0.15) is 0 Å². The fraction of sp³-hybridized carbons (Fsp3) is 0.900. The summed E-state index contributed by atoms with van der Waals surface area (Å²) >= 11 is 0.487. The van der Waals surface area contributed by atoms with E-state index in [0.29, 0.717) is 21.2 Å². The van der Waals surface area contributed by atoms with Crippen LogP contribution in [-0.4, -0.2) is 21.3 Å². The molecule has 0 unspecified atom stereocenters. The third kappa shape index (κ3) is 10.1. The Labute approximate surface area is 92.1 Å². The molecule has 0 bridgehead atoms. The molecule has 0 radical (unpaired) electrons. The molecule has 0 saturated carbocycles. The van der Waals surface area contributed by atoms with Crippen molar-refractivity contribution >= 4 is 5.91 Å². The van der Waals surface area contributed by atoms with Gasteiger partial charge in [0.2, 0.25) is 0 Å². The number of hydrogen-bond donors (Lipinski definition) is 1. The third-order valence-corrected chi connectivity index (χ3v) is 4.34. The number of nitrogens with one attached hydrogen (secondary N) is 1. The Kier molecular flexibility index (Phi) is 10.4. The van der Waals surface area contributed by atoms with Crippen LogP contribution in [0.5, 0.6) is 0 Å². The van der Waals surface area contributed by atoms with Crippen LogP contribution in [0, 0.1) is 0 Å². The van der Waals surface area contributed by atoms with Crippen LogP contribution >= 0.6 is 0 Å². The van der Waals surface area contributed by atoms with E-state index in [1.54, 1.807) is 0 Å². The summed E-state index contributed by atoms with van der Waals surface area (Å²) in [7, 11) is 0. The summed E-state index contributed by atoms with van der Waals surface area (Å²) in [6, 6.07) is 0. The van der Waals surface area contributed by atoms with Gasteiger partial charge in [0.05, 0.1) is 0 Å². The zero-order chi connectivity index (χ0) is 9.94. The van der Waals surface area contributed by atoms with Crippen LogP contribution in [-0.2, 0) is 4.79 Å². The maximum atomic E-state index is 11.0. The van der Waals surface area contributed by atoms with Crippen molar-refractivity contribution in [1.82, 2.24) is 5.32 Å². The summed E-state index contributed by atoms with van der Waals surface area (Å²) in [5.74, 6) is 0.215. The van der Waals surface area contributed by atoms with E-state index in [9.17, 15) is 4.79 Å². The van der Waals surface area contributed by atoms with Crippen molar-refractivity contribution in [2.45, 2.75) is 39.5 Å². The molecule has 0 aromatic heterocycles. The van der Waals surface area contributed by atoms with Gasteiger partial charge in [-0.1, -0.05) is 0 Å². The van der Waals surface area contributed by atoms with Gasteiger partial charge in [-0.15, -0.1) is 0 Å². The van der Waals surface area contributed by atoms with Crippen molar-refractivity contribution in [3.8, 4) is 0 Å². The van der Waals surface area contributed by atoms with E-state index in [2.05, 4.69) is 12.2 Å². The zero-order valence-electron chi connectivity index (χ0n) is 8.74. The van der Waals surface area contributed by atoms with Gasteiger partial charge in [-0.05, 0) is 0 Å². The molecular formula is C10H21INO-. The van der Waals surface area contributed by atoms with E-state index >= 15 is 0 Å². The molecule has 0 rings (SSSR count). The Balaban J connectivity index is 3.02. The predicted octanol–water partition coefficient (Wildman–Crippen LogP) is -1.21. The summed E-state index contributed by atoms with van der Waals surface area (Å²) < 4.78 is 2.83. The van der Waals surface area contributed by atoms with Crippen molar-refractivity contribution in [2.24, 2.45) is 0 Å². The van der Waals surface area contributed by atoms with Crippen molar-refractivity contribution in [3.63, 3.8) is 0 Å². The van der Waals surface area contributed by atoms with Crippen LogP contribution < -0.4 is 26.5 Å². The minimum atomic E-state index is 0.215. The number of carbonyl (C=O) groups excluding carboxylic acids is 1. The van der Waals surface area contributed by atoms with E-state index in [1.807, 2.05) is 6.92 Å². The van der Waals surface area contributed by atoms with Gasteiger partial charge >= 0.3 is 92.2 Å². The summed E-state index contributed by atoms with van der Waals surface area (Å²) in [6.45, 7) is 4.99. The Morgan fingerprint density at radius 2 is 2.00 bits per heavy atom. The Hall–Kier alpha value is 0.200. The molecule has 0 aromatic carbocycles. The van der Waals surface area contributed by atoms with Crippen molar-refractivity contribution in [1.29, 1.82) is 0 Å². The molecule has 0 atom stereocenters. The number of hydrogen-bond acceptors (Lipinski definition) is 1. The molecule has 0 heterocycles. The molecule has 0 aliphatic rings. The molecule has 0 aliphatic heterocycles. The number of amides is 1. The first-order valence-electron chi connectivity index (χ1n) is 5.11. The number of rotatable bonds is 8. The minimum absolute atomic E-state index is 0.215. The molecule has 0 fully saturated rings. The van der Waals surface area contributed by atoms with Crippen LogP contribution in [0.4, 0.5) is 0 Å². The molecule has 80 valence electrons. The van der Waals surface area contributed by atoms with Gasteiger partial charge in [-0.2, -0.15) is 0 Å². The first-order chi connectivity index (χ1) is 6.31. The van der Waals surface area contributed by atoms with Gasteiger partial charge in [0.25, 0.3) is 0 Å². The fourth-order valence-electron chi connectivity index (χ4n) is 1.07. The van der Waals surface area contributed by atoms with E-state index in [4.69, 9.17) is 0 Å². The van der Waals surface area contributed by atoms with Gasteiger partial charge < -0.3 is 0 Å². The normalized spacial score (nSPS) is 10.3. The molecule has 0 spiro atoms. The quantitative estimate of drug-likeness (QED) is 0.340. The third-order valence-electron chi connectivity index (χ3n) is 1.73. The first-order valence-corrected chi connectivity index (χ1v) is 8.16.